The summed E-state index contributed by atoms with van der Waals surface area (Å²) < 4.78 is 0. The quantitative estimate of drug-likeness (QED) is 0.467. The maximum Gasteiger partial charge on any atom is 0.211 e. The Hall–Kier alpha value is -1.51. The van der Waals surface area contributed by atoms with E-state index >= 15 is 0 Å². The number of carbonyl (C=O) groups is 1. The maximum atomic E-state index is 9.96. The molecule has 10 heavy (non-hydrogen) atoms. The zero-order chi connectivity index (χ0) is 7.40. The van der Waals surface area contributed by atoms with Crippen molar-refractivity contribution in [2.45, 2.75) is 0 Å². The number of hydrogen-bond acceptors (Lipinski definition) is 2. The fourth-order valence-corrected chi connectivity index (χ4v) is 0.692. The fraction of sp³-hybridized carbons (Fsp3) is 0. The van der Waals surface area contributed by atoms with Crippen molar-refractivity contribution in [3.63, 3.8) is 0 Å². The molecule has 1 aromatic carbocycles. The molecule has 0 aliphatic rings. The van der Waals surface area contributed by atoms with Gasteiger partial charge in [-0.05, 0) is 12.1 Å². The second-order valence-corrected chi connectivity index (χ2v) is 1.85. The molecule has 52 valence electrons. The predicted octanol–water partition coefficient (Wildman–Crippen LogP) is 0.837. The third-order valence-corrected chi connectivity index (χ3v) is 1.18. The van der Waals surface area contributed by atoms with Crippen LogP contribution in [0.3, 0.4) is 0 Å². The Kier molecular flexibility index (Phi) is 1.89. The molecule has 0 saturated carbocycles. The van der Waals surface area contributed by atoms with Gasteiger partial charge in [0.2, 0.25) is 6.41 Å². The van der Waals surface area contributed by atoms with Gasteiger partial charge < -0.3 is 11.1 Å². The number of benzene rings is 1. The molecule has 0 atom stereocenters. The van der Waals surface area contributed by atoms with Gasteiger partial charge in [0, 0.05) is 0 Å². The highest BCUT2D eigenvalue weighted by molar-refractivity contribution is 5.79. The third kappa shape index (κ3) is 1.25. The van der Waals surface area contributed by atoms with Gasteiger partial charge in [-0.15, -0.1) is 0 Å². The first kappa shape index (κ1) is 6.61. The Morgan fingerprint density at radius 3 is 2.70 bits per heavy atom. The molecule has 0 bridgehead atoms. The van der Waals surface area contributed by atoms with Crippen molar-refractivity contribution in [2.24, 2.45) is 0 Å². The number of para-hydroxylation sites is 2. The van der Waals surface area contributed by atoms with E-state index in [9.17, 15) is 4.79 Å². The molecule has 3 heteroatoms. The standard InChI is InChI=1S/C7H8N2O/c8-6-3-1-2-4-7(6)9-5-10/h1-5H,8H2,(H,9,10). The predicted molar refractivity (Wildman–Crippen MR) is 40.5 cm³/mol. The topological polar surface area (TPSA) is 55.1 Å². The molecule has 1 rings (SSSR count). The lowest BCUT2D eigenvalue weighted by Gasteiger charge is -2.00. The summed E-state index contributed by atoms with van der Waals surface area (Å²) in [5.41, 5.74) is 6.71. The molecule has 0 fully saturated rings. The minimum absolute atomic E-state index is 0.578. The molecule has 0 aromatic heterocycles. The van der Waals surface area contributed by atoms with Crippen LogP contribution in [0.15, 0.2) is 24.3 Å². The van der Waals surface area contributed by atoms with Crippen molar-refractivity contribution in [1.29, 1.82) is 0 Å². The summed E-state index contributed by atoms with van der Waals surface area (Å²) in [4.78, 5) is 9.96. The van der Waals surface area contributed by atoms with E-state index in [4.69, 9.17) is 5.73 Å². The van der Waals surface area contributed by atoms with E-state index in [1.54, 1.807) is 12.1 Å². The fourth-order valence-electron chi connectivity index (χ4n) is 0.692. The summed E-state index contributed by atoms with van der Waals surface area (Å²) in [5.74, 6) is 0. The number of carbonyl (C=O) groups excluding carboxylic acids is 1. The summed E-state index contributed by atoms with van der Waals surface area (Å²) in [7, 11) is 0. The number of nitrogens with two attached hydrogens (primary N) is 1. The number of anilines is 2. The molecule has 0 saturated heterocycles. The van der Waals surface area contributed by atoms with Crippen LogP contribution in [-0.2, 0) is 4.79 Å². The van der Waals surface area contributed by atoms with Crippen molar-refractivity contribution in [3.05, 3.63) is 24.3 Å². The van der Waals surface area contributed by atoms with Crippen molar-refractivity contribution in [1.82, 2.24) is 0 Å². The van der Waals surface area contributed by atoms with E-state index in [1.807, 2.05) is 12.1 Å². The van der Waals surface area contributed by atoms with Crippen LogP contribution in [0.2, 0.25) is 0 Å². The SMILES string of the molecule is Nc1ccccc1NC=O. The maximum absolute atomic E-state index is 9.96. The van der Waals surface area contributed by atoms with E-state index in [0.717, 1.165) is 0 Å². The molecular weight excluding hydrogens is 128 g/mol. The van der Waals surface area contributed by atoms with E-state index < -0.39 is 0 Å². The Labute approximate surface area is 58.8 Å². The van der Waals surface area contributed by atoms with Gasteiger partial charge in [0.05, 0.1) is 11.4 Å². The largest absolute Gasteiger partial charge is 0.397 e. The summed E-state index contributed by atoms with van der Waals surface area (Å²) in [6.07, 6.45) is 0.603. The average Bonchev–Trinajstić information content (AvgIpc) is 1.94. The Balaban J connectivity index is 2.91. The Bertz CT molecular complexity index is 235. The van der Waals surface area contributed by atoms with Crippen molar-refractivity contribution < 1.29 is 4.79 Å². The highest BCUT2D eigenvalue weighted by Gasteiger charge is 1.91. The van der Waals surface area contributed by atoms with Crippen molar-refractivity contribution in [3.8, 4) is 0 Å². The third-order valence-electron chi connectivity index (χ3n) is 1.18. The molecule has 3 nitrogen and oxygen atoms in total. The van der Waals surface area contributed by atoms with Gasteiger partial charge in [-0.1, -0.05) is 12.1 Å². The second kappa shape index (κ2) is 2.87. The molecule has 1 amide bonds. The van der Waals surface area contributed by atoms with E-state index in [2.05, 4.69) is 5.32 Å². The van der Waals surface area contributed by atoms with Crippen LogP contribution in [0.25, 0.3) is 0 Å². The van der Waals surface area contributed by atoms with Crippen LogP contribution in [0.4, 0.5) is 11.4 Å². The lowest BCUT2D eigenvalue weighted by molar-refractivity contribution is -0.105. The normalized spacial score (nSPS) is 8.80. The van der Waals surface area contributed by atoms with Gasteiger partial charge in [0.25, 0.3) is 0 Å². The van der Waals surface area contributed by atoms with Crippen LogP contribution in [0, 0.1) is 0 Å². The van der Waals surface area contributed by atoms with Crippen LogP contribution in [0.5, 0.6) is 0 Å². The molecule has 3 N–H and O–H groups in total. The highest BCUT2D eigenvalue weighted by Crippen LogP contribution is 2.14. The Morgan fingerprint density at radius 1 is 1.40 bits per heavy atom. The zero-order valence-corrected chi connectivity index (χ0v) is 5.37. The molecule has 0 heterocycles. The number of amides is 1. The van der Waals surface area contributed by atoms with E-state index in [1.165, 1.54) is 0 Å². The average molecular weight is 136 g/mol. The summed E-state index contributed by atoms with van der Waals surface area (Å²) >= 11 is 0. The van der Waals surface area contributed by atoms with Gasteiger partial charge >= 0.3 is 0 Å². The number of hydrogen-bond donors (Lipinski definition) is 2. The number of nitrogen functional groups attached to an aromatic ring is 1. The van der Waals surface area contributed by atoms with Gasteiger partial charge in [-0.25, -0.2) is 0 Å². The van der Waals surface area contributed by atoms with Gasteiger partial charge in [-0.3, -0.25) is 4.79 Å². The van der Waals surface area contributed by atoms with Crippen molar-refractivity contribution >= 4 is 17.8 Å². The van der Waals surface area contributed by atoms with Crippen LogP contribution >= 0.6 is 0 Å². The number of rotatable bonds is 2. The molecular formula is C7H8N2O. The summed E-state index contributed by atoms with van der Waals surface area (Å²) in [5, 5.41) is 2.47. The minimum Gasteiger partial charge on any atom is -0.397 e. The molecule has 0 unspecified atom stereocenters. The molecule has 0 radical (unpaired) electrons. The second-order valence-electron chi connectivity index (χ2n) is 1.85. The molecule has 0 aliphatic heterocycles. The van der Waals surface area contributed by atoms with Gasteiger partial charge in [0.1, 0.15) is 0 Å². The summed E-state index contributed by atoms with van der Waals surface area (Å²) in [6, 6.07) is 7.09. The van der Waals surface area contributed by atoms with Gasteiger partial charge in [-0.2, -0.15) is 0 Å². The first-order chi connectivity index (χ1) is 4.84. The van der Waals surface area contributed by atoms with E-state index in [0.29, 0.717) is 17.8 Å². The monoisotopic (exact) mass is 136 g/mol. The Morgan fingerprint density at radius 2 is 2.10 bits per heavy atom. The van der Waals surface area contributed by atoms with Crippen LogP contribution < -0.4 is 11.1 Å². The molecule has 0 spiro atoms. The first-order valence-electron chi connectivity index (χ1n) is 2.89. The van der Waals surface area contributed by atoms with Crippen LogP contribution in [0.1, 0.15) is 0 Å². The highest BCUT2D eigenvalue weighted by atomic mass is 16.1. The van der Waals surface area contributed by atoms with E-state index in [-0.39, 0.29) is 0 Å². The van der Waals surface area contributed by atoms with Crippen LogP contribution in [-0.4, -0.2) is 6.41 Å². The van der Waals surface area contributed by atoms with Gasteiger partial charge in [0.15, 0.2) is 0 Å². The lowest BCUT2D eigenvalue weighted by Crippen LogP contribution is -1.97. The lowest BCUT2D eigenvalue weighted by atomic mass is 10.3. The van der Waals surface area contributed by atoms with Crippen molar-refractivity contribution in [2.75, 3.05) is 11.1 Å². The molecule has 0 aliphatic carbocycles. The summed E-state index contributed by atoms with van der Waals surface area (Å²) in [6.45, 7) is 0. The first-order valence-corrected chi connectivity index (χ1v) is 2.89. The number of nitrogens with one attached hydrogen (secondary N) is 1. The molecule has 1 aromatic rings. The smallest absolute Gasteiger partial charge is 0.211 e. The minimum atomic E-state index is 0.578. The zero-order valence-electron chi connectivity index (χ0n) is 5.37.